The second kappa shape index (κ2) is 6.38. The van der Waals surface area contributed by atoms with Crippen LogP contribution in [0.5, 0.6) is 0 Å². The van der Waals surface area contributed by atoms with Gasteiger partial charge in [-0.3, -0.25) is 0 Å². The average molecular weight is 278 g/mol. The number of hydrogen-bond donors (Lipinski definition) is 2. The molecule has 0 radical (unpaired) electrons. The lowest BCUT2D eigenvalue weighted by atomic mass is 10.1. The first-order valence-electron chi connectivity index (χ1n) is 6.56. The predicted octanol–water partition coefficient (Wildman–Crippen LogP) is 0.504. The summed E-state index contributed by atoms with van der Waals surface area (Å²) in [5.41, 5.74) is 0.936. The zero-order valence-electron chi connectivity index (χ0n) is 11.3. The Kier molecular flexibility index (Phi) is 4.57. The van der Waals surface area contributed by atoms with Gasteiger partial charge in [-0.15, -0.1) is 0 Å². The molecule has 2 atom stereocenters. The monoisotopic (exact) mass is 278 g/mol. The normalized spacial score (nSPS) is 21.7. The summed E-state index contributed by atoms with van der Waals surface area (Å²) in [5, 5.41) is 12.0. The largest absolute Gasteiger partial charge is 0.464 e. The summed E-state index contributed by atoms with van der Waals surface area (Å²) < 4.78 is 4.91. The van der Waals surface area contributed by atoms with Gasteiger partial charge in [0, 0.05) is 6.54 Å². The molecule has 20 heavy (non-hydrogen) atoms. The van der Waals surface area contributed by atoms with Crippen molar-refractivity contribution in [3.8, 4) is 0 Å². The molecule has 0 bridgehead atoms. The molecular formula is C14H18N2O4. The molecule has 6 nitrogen and oxygen atoms in total. The van der Waals surface area contributed by atoms with Crippen molar-refractivity contribution in [1.82, 2.24) is 10.2 Å². The standard InChI is InChI=1S/C14H18N2O4/c1-2-20-13(18)12-11(9-17)16(14(19)15-12)8-10-6-4-3-5-7-10/h3-7,11-12,17H,2,8-9H2,1H3,(H,15,19). The van der Waals surface area contributed by atoms with Crippen molar-refractivity contribution in [2.75, 3.05) is 13.2 Å². The number of hydrogen-bond acceptors (Lipinski definition) is 4. The number of ether oxygens (including phenoxy) is 1. The Labute approximate surface area is 117 Å². The van der Waals surface area contributed by atoms with Crippen molar-refractivity contribution < 1.29 is 19.4 Å². The number of urea groups is 1. The molecule has 2 rings (SSSR count). The molecule has 2 amide bonds. The first kappa shape index (κ1) is 14.3. The number of aliphatic hydroxyl groups is 1. The van der Waals surface area contributed by atoms with Crippen LogP contribution in [0, 0.1) is 0 Å². The molecule has 1 fully saturated rings. The average Bonchev–Trinajstić information content (AvgIpc) is 2.77. The number of amides is 2. The van der Waals surface area contributed by atoms with Gasteiger partial charge in [0.15, 0.2) is 6.04 Å². The summed E-state index contributed by atoms with van der Waals surface area (Å²) in [6.45, 7) is 1.98. The van der Waals surface area contributed by atoms with Crippen molar-refractivity contribution in [1.29, 1.82) is 0 Å². The third-order valence-corrected chi connectivity index (χ3v) is 3.25. The molecule has 1 aliphatic heterocycles. The van der Waals surface area contributed by atoms with Gasteiger partial charge >= 0.3 is 12.0 Å². The van der Waals surface area contributed by atoms with Crippen LogP contribution in [0.25, 0.3) is 0 Å². The van der Waals surface area contributed by atoms with Crippen LogP contribution in [0.15, 0.2) is 30.3 Å². The fourth-order valence-corrected chi connectivity index (χ4v) is 2.26. The highest BCUT2D eigenvalue weighted by Gasteiger charge is 2.43. The molecule has 1 aliphatic rings. The van der Waals surface area contributed by atoms with Gasteiger partial charge in [-0.25, -0.2) is 9.59 Å². The first-order chi connectivity index (χ1) is 9.67. The van der Waals surface area contributed by atoms with E-state index in [4.69, 9.17) is 4.74 Å². The number of carbonyl (C=O) groups is 2. The van der Waals surface area contributed by atoms with E-state index < -0.39 is 18.1 Å². The maximum atomic E-state index is 12.0. The van der Waals surface area contributed by atoms with Crippen molar-refractivity contribution in [2.45, 2.75) is 25.6 Å². The number of rotatable bonds is 5. The van der Waals surface area contributed by atoms with E-state index in [-0.39, 0.29) is 19.2 Å². The molecule has 0 aliphatic carbocycles. The molecule has 1 saturated heterocycles. The smallest absolute Gasteiger partial charge is 0.330 e. The number of nitrogens with zero attached hydrogens (tertiary/aromatic N) is 1. The van der Waals surface area contributed by atoms with Crippen LogP contribution in [0.3, 0.4) is 0 Å². The van der Waals surface area contributed by atoms with E-state index in [9.17, 15) is 14.7 Å². The molecule has 1 aromatic rings. The van der Waals surface area contributed by atoms with E-state index in [1.165, 1.54) is 4.90 Å². The lowest BCUT2D eigenvalue weighted by molar-refractivity contribution is -0.146. The molecule has 1 heterocycles. The highest BCUT2D eigenvalue weighted by Crippen LogP contribution is 2.18. The van der Waals surface area contributed by atoms with Crippen LogP contribution in [-0.2, 0) is 16.1 Å². The number of nitrogens with one attached hydrogen (secondary N) is 1. The molecule has 1 aromatic carbocycles. The van der Waals surface area contributed by atoms with Crippen LogP contribution < -0.4 is 5.32 Å². The number of esters is 1. The maximum Gasteiger partial charge on any atom is 0.330 e. The molecule has 2 unspecified atom stereocenters. The van der Waals surface area contributed by atoms with Gasteiger partial charge in [-0.1, -0.05) is 30.3 Å². The Morgan fingerprint density at radius 3 is 2.70 bits per heavy atom. The zero-order valence-corrected chi connectivity index (χ0v) is 11.3. The Hall–Kier alpha value is -2.08. The SMILES string of the molecule is CCOC(=O)C1NC(=O)N(Cc2ccccc2)C1CO. The van der Waals surface area contributed by atoms with Gasteiger partial charge in [0.1, 0.15) is 0 Å². The second-order valence-electron chi connectivity index (χ2n) is 4.54. The van der Waals surface area contributed by atoms with Crippen molar-refractivity contribution in [3.05, 3.63) is 35.9 Å². The van der Waals surface area contributed by atoms with Crippen LogP contribution >= 0.6 is 0 Å². The second-order valence-corrected chi connectivity index (χ2v) is 4.54. The Bertz CT molecular complexity index is 477. The van der Waals surface area contributed by atoms with Crippen molar-refractivity contribution in [3.63, 3.8) is 0 Å². The fourth-order valence-electron chi connectivity index (χ4n) is 2.26. The quantitative estimate of drug-likeness (QED) is 0.769. The Balaban J connectivity index is 2.12. The van der Waals surface area contributed by atoms with E-state index in [0.29, 0.717) is 6.54 Å². The molecule has 0 saturated carbocycles. The summed E-state index contributed by atoms with van der Waals surface area (Å²) in [6.07, 6.45) is 0. The maximum absolute atomic E-state index is 12.0. The summed E-state index contributed by atoms with van der Waals surface area (Å²) in [4.78, 5) is 25.2. The third-order valence-electron chi connectivity index (χ3n) is 3.25. The van der Waals surface area contributed by atoms with E-state index in [2.05, 4.69) is 5.32 Å². The minimum Gasteiger partial charge on any atom is -0.464 e. The molecule has 0 aromatic heterocycles. The molecular weight excluding hydrogens is 260 g/mol. The number of carbonyl (C=O) groups excluding carboxylic acids is 2. The van der Waals surface area contributed by atoms with Crippen LogP contribution in [0.1, 0.15) is 12.5 Å². The van der Waals surface area contributed by atoms with Crippen molar-refractivity contribution >= 4 is 12.0 Å². The van der Waals surface area contributed by atoms with E-state index >= 15 is 0 Å². The Morgan fingerprint density at radius 1 is 1.40 bits per heavy atom. The molecule has 6 heteroatoms. The van der Waals surface area contributed by atoms with E-state index in [0.717, 1.165) is 5.56 Å². The van der Waals surface area contributed by atoms with Gasteiger partial charge in [0.2, 0.25) is 0 Å². The van der Waals surface area contributed by atoms with Crippen LogP contribution in [-0.4, -0.2) is 47.3 Å². The summed E-state index contributed by atoms with van der Waals surface area (Å²) in [6, 6.07) is 7.61. The summed E-state index contributed by atoms with van der Waals surface area (Å²) >= 11 is 0. The van der Waals surface area contributed by atoms with Gasteiger partial charge in [-0.05, 0) is 12.5 Å². The topological polar surface area (TPSA) is 78.9 Å². The van der Waals surface area contributed by atoms with E-state index in [1.807, 2.05) is 30.3 Å². The first-order valence-corrected chi connectivity index (χ1v) is 6.56. The lowest BCUT2D eigenvalue weighted by Crippen LogP contribution is -2.44. The van der Waals surface area contributed by atoms with E-state index in [1.54, 1.807) is 6.92 Å². The van der Waals surface area contributed by atoms with Crippen molar-refractivity contribution in [2.24, 2.45) is 0 Å². The lowest BCUT2D eigenvalue weighted by Gasteiger charge is -2.23. The Morgan fingerprint density at radius 2 is 2.10 bits per heavy atom. The van der Waals surface area contributed by atoms with Gasteiger partial charge in [0.05, 0.1) is 19.3 Å². The zero-order chi connectivity index (χ0) is 14.5. The van der Waals surface area contributed by atoms with Gasteiger partial charge in [-0.2, -0.15) is 0 Å². The third kappa shape index (κ3) is 2.91. The summed E-state index contributed by atoms with van der Waals surface area (Å²) in [7, 11) is 0. The minimum absolute atomic E-state index is 0.238. The van der Waals surface area contributed by atoms with Crippen LogP contribution in [0.4, 0.5) is 4.79 Å². The minimum atomic E-state index is -0.823. The van der Waals surface area contributed by atoms with Gasteiger partial charge < -0.3 is 20.1 Å². The summed E-state index contributed by atoms with van der Waals surface area (Å²) in [5.74, 6) is -0.518. The van der Waals surface area contributed by atoms with Gasteiger partial charge in [0.25, 0.3) is 0 Å². The number of benzene rings is 1. The molecule has 108 valence electrons. The molecule has 0 spiro atoms. The number of aliphatic hydroxyl groups excluding tert-OH is 1. The predicted molar refractivity (Wildman–Crippen MR) is 71.8 cm³/mol. The highest BCUT2D eigenvalue weighted by molar-refractivity contribution is 5.88. The molecule has 2 N–H and O–H groups in total. The van der Waals surface area contributed by atoms with Crippen LogP contribution in [0.2, 0.25) is 0 Å². The highest BCUT2D eigenvalue weighted by atomic mass is 16.5. The fraction of sp³-hybridized carbons (Fsp3) is 0.429.